The summed E-state index contributed by atoms with van der Waals surface area (Å²) in [5.74, 6) is 0.507. The van der Waals surface area contributed by atoms with Gasteiger partial charge in [0.15, 0.2) is 11.5 Å². The van der Waals surface area contributed by atoms with Gasteiger partial charge in [-0.3, -0.25) is 9.69 Å². The molecule has 2 heterocycles. The summed E-state index contributed by atoms with van der Waals surface area (Å²) in [6, 6.07) is 22.0. The molecule has 1 saturated heterocycles. The molecular weight excluding hydrogens is 524 g/mol. The first-order valence-corrected chi connectivity index (χ1v) is 15.2. The highest BCUT2D eigenvalue weighted by Gasteiger charge is 2.78. The largest absolute Gasteiger partial charge is 0.504 e. The van der Waals surface area contributed by atoms with Crippen molar-refractivity contribution in [3.8, 4) is 11.5 Å². The van der Waals surface area contributed by atoms with Crippen LogP contribution in [0.25, 0.3) is 6.08 Å². The van der Waals surface area contributed by atoms with Crippen molar-refractivity contribution in [1.82, 2.24) is 9.80 Å². The number of rotatable bonds is 6. The van der Waals surface area contributed by atoms with Crippen LogP contribution in [0.1, 0.15) is 54.0 Å². The number of ether oxygens (including phenoxy) is 1. The third-order valence-corrected chi connectivity index (χ3v) is 11.0. The summed E-state index contributed by atoms with van der Waals surface area (Å²) in [6.07, 6.45) is 7.02. The summed E-state index contributed by atoms with van der Waals surface area (Å²) >= 11 is 0. The lowest BCUT2D eigenvalue weighted by Gasteiger charge is -2.67. The number of carbonyl (C=O) groups is 1. The molecular formula is C36H40N2O4. The lowest BCUT2D eigenvalue weighted by molar-refractivity contribution is -0.229. The summed E-state index contributed by atoms with van der Waals surface area (Å²) in [5.41, 5.74) is 2.86. The SMILES string of the molecule is Cc1cccc(C=CC(=O)N(C)[C@@H]2CC[C@@]3(O)[C@H]4Cc5ccc(O)c6c5[C@@]3(CCN4CCc3ccccc3)[C@@]2(C)O6)c1. The fourth-order valence-corrected chi connectivity index (χ4v) is 9.02. The Labute approximate surface area is 248 Å². The van der Waals surface area contributed by atoms with Crippen LogP contribution >= 0.6 is 0 Å². The van der Waals surface area contributed by atoms with Gasteiger partial charge >= 0.3 is 0 Å². The molecule has 2 N–H and O–H groups in total. The summed E-state index contributed by atoms with van der Waals surface area (Å²) in [4.78, 5) is 17.9. The fourth-order valence-electron chi connectivity index (χ4n) is 9.02. The number of piperidine rings is 1. The predicted molar refractivity (Wildman–Crippen MR) is 164 cm³/mol. The lowest BCUT2D eigenvalue weighted by Crippen LogP contribution is -2.82. The minimum Gasteiger partial charge on any atom is -0.504 e. The number of benzene rings is 3. The minimum atomic E-state index is -1.04. The molecule has 218 valence electrons. The molecule has 0 aromatic heterocycles. The first kappa shape index (κ1) is 27.2. The second-order valence-corrected chi connectivity index (χ2v) is 13.0. The first-order valence-electron chi connectivity index (χ1n) is 15.2. The van der Waals surface area contributed by atoms with E-state index in [1.54, 1.807) is 17.0 Å². The average molecular weight is 565 g/mol. The summed E-state index contributed by atoms with van der Waals surface area (Å²) in [5, 5.41) is 24.0. The molecule has 4 aliphatic rings. The Morgan fingerprint density at radius 1 is 1.12 bits per heavy atom. The van der Waals surface area contributed by atoms with Crippen LogP contribution in [0.4, 0.5) is 0 Å². The number of likely N-dealkylation sites (N-methyl/N-ethyl adjacent to an activating group) is 1. The molecule has 6 nitrogen and oxygen atoms in total. The van der Waals surface area contributed by atoms with Gasteiger partial charge in [-0.05, 0) is 81.3 Å². The number of phenolic OH excluding ortho intramolecular Hbond substituents is 1. The maximum atomic E-state index is 13.6. The van der Waals surface area contributed by atoms with Gasteiger partial charge in [-0.25, -0.2) is 0 Å². The monoisotopic (exact) mass is 564 g/mol. The van der Waals surface area contributed by atoms with E-state index in [1.807, 2.05) is 50.4 Å². The van der Waals surface area contributed by atoms with Crippen molar-refractivity contribution in [2.45, 2.75) is 74.7 Å². The maximum absolute atomic E-state index is 13.6. The number of hydrogen-bond acceptors (Lipinski definition) is 5. The second-order valence-electron chi connectivity index (χ2n) is 13.0. The van der Waals surface area contributed by atoms with Crippen molar-refractivity contribution in [2.24, 2.45) is 0 Å². The smallest absolute Gasteiger partial charge is 0.246 e. The standard InChI is InChI=1S/C36H40N2O4/c1-24-8-7-11-26(22-24)12-15-31(40)37(3)29-16-18-36(41)30-23-27-13-14-28(39)33-32(27)35(36,34(29,2)42-33)19-21-38(30)20-17-25-9-5-4-6-10-25/h4-15,22,29-30,39,41H,16-21,23H2,1-3H3/t29-,30-,34+,35+,36-/m1/s1. The van der Waals surface area contributed by atoms with Crippen LogP contribution in [-0.2, 0) is 23.1 Å². The molecule has 2 aliphatic carbocycles. The Balaban J connectivity index is 1.25. The van der Waals surface area contributed by atoms with E-state index in [4.69, 9.17) is 4.74 Å². The molecule has 2 bridgehead atoms. The quantitative estimate of drug-likeness (QED) is 0.411. The normalized spacial score (nSPS) is 31.0. The zero-order valence-electron chi connectivity index (χ0n) is 24.7. The van der Waals surface area contributed by atoms with Crippen LogP contribution in [0.2, 0.25) is 0 Å². The Morgan fingerprint density at radius 3 is 2.71 bits per heavy atom. The third-order valence-electron chi connectivity index (χ3n) is 11.0. The lowest BCUT2D eigenvalue weighted by atomic mass is 9.44. The summed E-state index contributed by atoms with van der Waals surface area (Å²) in [6.45, 7) is 5.81. The molecule has 3 aromatic carbocycles. The average Bonchev–Trinajstić information content (AvgIpc) is 3.26. The van der Waals surface area contributed by atoms with E-state index in [1.165, 1.54) is 5.56 Å². The molecule has 2 aliphatic heterocycles. The van der Waals surface area contributed by atoms with Gasteiger partial charge in [-0.2, -0.15) is 0 Å². The number of amides is 1. The van der Waals surface area contributed by atoms with Crippen LogP contribution in [0.3, 0.4) is 0 Å². The van der Waals surface area contributed by atoms with Crippen LogP contribution in [-0.4, -0.2) is 69.3 Å². The van der Waals surface area contributed by atoms with Gasteiger partial charge in [0.05, 0.1) is 17.1 Å². The van der Waals surface area contributed by atoms with Gasteiger partial charge < -0.3 is 19.8 Å². The van der Waals surface area contributed by atoms with Crippen molar-refractivity contribution < 1.29 is 19.7 Å². The van der Waals surface area contributed by atoms with E-state index >= 15 is 0 Å². The van der Waals surface area contributed by atoms with Crippen molar-refractivity contribution in [3.63, 3.8) is 0 Å². The fraction of sp³-hybridized carbons (Fsp3) is 0.417. The Bertz CT molecular complexity index is 1570. The molecule has 6 heteroatoms. The van der Waals surface area contributed by atoms with Gasteiger partial charge in [-0.1, -0.05) is 66.2 Å². The maximum Gasteiger partial charge on any atom is 0.246 e. The zero-order chi connectivity index (χ0) is 29.3. The first-order chi connectivity index (χ1) is 20.2. The number of phenols is 1. The Morgan fingerprint density at radius 2 is 1.93 bits per heavy atom. The molecule has 1 spiro atoms. The van der Waals surface area contributed by atoms with Gasteiger partial charge in [0.25, 0.3) is 0 Å². The van der Waals surface area contributed by atoms with Crippen LogP contribution in [0, 0.1) is 6.92 Å². The number of likely N-dealkylation sites (tertiary alicyclic amines) is 1. The van der Waals surface area contributed by atoms with Crippen molar-refractivity contribution in [3.05, 3.63) is 101 Å². The molecule has 5 atom stereocenters. The van der Waals surface area contributed by atoms with Crippen molar-refractivity contribution >= 4 is 12.0 Å². The number of carbonyl (C=O) groups excluding carboxylic acids is 1. The van der Waals surface area contributed by atoms with Crippen molar-refractivity contribution in [2.75, 3.05) is 20.1 Å². The molecule has 0 radical (unpaired) electrons. The minimum absolute atomic E-state index is 0.0657. The topological polar surface area (TPSA) is 73.2 Å². The molecule has 1 saturated carbocycles. The van der Waals surface area contributed by atoms with Gasteiger partial charge in [0, 0.05) is 31.3 Å². The molecule has 7 rings (SSSR count). The second kappa shape index (κ2) is 9.72. The van der Waals surface area contributed by atoms with Gasteiger partial charge in [0.1, 0.15) is 5.60 Å². The molecule has 1 amide bonds. The number of nitrogens with zero attached hydrogens (tertiary/aromatic N) is 2. The van der Waals surface area contributed by atoms with Crippen LogP contribution in [0.15, 0.2) is 72.8 Å². The number of aryl methyl sites for hydroxylation is 1. The van der Waals surface area contributed by atoms with Gasteiger partial charge in [0.2, 0.25) is 5.91 Å². The molecule has 0 unspecified atom stereocenters. The van der Waals surface area contributed by atoms with Crippen LogP contribution < -0.4 is 4.74 Å². The molecule has 42 heavy (non-hydrogen) atoms. The van der Waals surface area contributed by atoms with E-state index in [0.29, 0.717) is 31.4 Å². The Kier molecular flexibility index (Phi) is 6.30. The Hall–Kier alpha value is -3.61. The van der Waals surface area contributed by atoms with E-state index in [9.17, 15) is 15.0 Å². The van der Waals surface area contributed by atoms with Crippen LogP contribution in [0.5, 0.6) is 11.5 Å². The van der Waals surface area contributed by atoms with E-state index in [0.717, 1.165) is 41.8 Å². The highest BCUT2D eigenvalue weighted by molar-refractivity contribution is 5.92. The van der Waals surface area contributed by atoms with Gasteiger partial charge in [-0.15, -0.1) is 0 Å². The van der Waals surface area contributed by atoms with E-state index in [-0.39, 0.29) is 23.7 Å². The van der Waals surface area contributed by atoms with E-state index < -0.39 is 16.6 Å². The summed E-state index contributed by atoms with van der Waals surface area (Å²) in [7, 11) is 1.85. The summed E-state index contributed by atoms with van der Waals surface area (Å²) < 4.78 is 6.84. The zero-order valence-corrected chi connectivity index (χ0v) is 24.7. The van der Waals surface area contributed by atoms with Crippen molar-refractivity contribution in [1.29, 1.82) is 0 Å². The number of aliphatic hydroxyl groups is 1. The highest BCUT2D eigenvalue weighted by Crippen LogP contribution is 2.69. The third kappa shape index (κ3) is 3.74. The number of aromatic hydroxyl groups is 1. The molecule has 2 fully saturated rings. The predicted octanol–water partition coefficient (Wildman–Crippen LogP) is 5.03. The van der Waals surface area contributed by atoms with E-state index in [2.05, 4.69) is 42.2 Å². The molecule has 3 aromatic rings. The number of hydrogen-bond donors (Lipinski definition) is 2. The highest BCUT2D eigenvalue weighted by atomic mass is 16.5.